The highest BCUT2D eigenvalue weighted by Gasteiger charge is 2.39. The Balaban J connectivity index is 2.07. The third kappa shape index (κ3) is 1.74. The van der Waals surface area contributed by atoms with Crippen molar-refractivity contribution in [3.8, 4) is 5.75 Å². The predicted octanol–water partition coefficient (Wildman–Crippen LogP) is 3.49. The topological polar surface area (TPSA) is 49.7 Å². The molecule has 1 saturated carbocycles. The standard InChI is InChI=1S/C15H17NO2/c1-15(2)6-5-12-11(8-15)14(18)10-4-3-9(17)7-13(10)16-12/h3-4,7,11,17H,5-6,8H2,1-2H3. The first-order chi connectivity index (χ1) is 8.46. The summed E-state index contributed by atoms with van der Waals surface area (Å²) in [5, 5.41) is 9.47. The summed E-state index contributed by atoms with van der Waals surface area (Å²) >= 11 is 0. The molecule has 1 N–H and O–H groups in total. The molecule has 1 aliphatic heterocycles. The summed E-state index contributed by atoms with van der Waals surface area (Å²) in [7, 11) is 0. The fourth-order valence-corrected chi connectivity index (χ4v) is 2.95. The van der Waals surface area contributed by atoms with Crippen LogP contribution in [0.2, 0.25) is 0 Å². The number of nitrogens with zero attached hydrogens (tertiary/aromatic N) is 1. The highest BCUT2D eigenvalue weighted by Crippen LogP contribution is 2.43. The largest absolute Gasteiger partial charge is 0.508 e. The minimum atomic E-state index is -0.0502. The van der Waals surface area contributed by atoms with Crippen LogP contribution >= 0.6 is 0 Å². The van der Waals surface area contributed by atoms with Crippen molar-refractivity contribution in [2.75, 3.05) is 0 Å². The first kappa shape index (κ1) is 11.5. The van der Waals surface area contributed by atoms with Gasteiger partial charge in [-0.2, -0.15) is 0 Å². The molecule has 1 unspecified atom stereocenters. The van der Waals surface area contributed by atoms with Gasteiger partial charge in [-0.05, 0) is 36.8 Å². The van der Waals surface area contributed by atoms with Crippen LogP contribution in [0, 0.1) is 11.3 Å². The Morgan fingerprint density at radius 2 is 2.17 bits per heavy atom. The summed E-state index contributed by atoms with van der Waals surface area (Å²) in [4.78, 5) is 17.1. The Kier molecular flexibility index (Phi) is 2.34. The summed E-state index contributed by atoms with van der Waals surface area (Å²) in [6, 6.07) is 4.83. The van der Waals surface area contributed by atoms with Crippen molar-refractivity contribution in [3.05, 3.63) is 23.8 Å². The first-order valence-electron chi connectivity index (χ1n) is 6.41. The average Bonchev–Trinajstić information content (AvgIpc) is 2.30. The van der Waals surface area contributed by atoms with E-state index in [1.807, 2.05) is 0 Å². The summed E-state index contributed by atoms with van der Waals surface area (Å²) in [5.74, 6) is 0.286. The van der Waals surface area contributed by atoms with Gasteiger partial charge in [-0.15, -0.1) is 0 Å². The number of fused-ring (bicyclic) bond motifs is 2. The quantitative estimate of drug-likeness (QED) is 0.758. The van der Waals surface area contributed by atoms with Gasteiger partial charge in [0, 0.05) is 17.3 Å². The van der Waals surface area contributed by atoms with Crippen LogP contribution < -0.4 is 0 Å². The zero-order chi connectivity index (χ0) is 12.9. The van der Waals surface area contributed by atoms with Gasteiger partial charge < -0.3 is 5.11 Å². The third-order valence-corrected chi connectivity index (χ3v) is 4.04. The van der Waals surface area contributed by atoms with E-state index in [0.29, 0.717) is 11.3 Å². The number of phenols is 1. The number of hydrogen-bond acceptors (Lipinski definition) is 3. The van der Waals surface area contributed by atoms with Crippen molar-refractivity contribution in [3.63, 3.8) is 0 Å². The molecule has 18 heavy (non-hydrogen) atoms. The van der Waals surface area contributed by atoms with E-state index in [1.165, 1.54) is 0 Å². The summed E-state index contributed by atoms with van der Waals surface area (Å²) in [5.41, 5.74) is 2.50. The number of Topliss-reactive ketones (excluding diaryl/α,β-unsaturated/α-hetero) is 1. The van der Waals surface area contributed by atoms with Crippen molar-refractivity contribution in [2.24, 2.45) is 16.3 Å². The second-order valence-corrected chi connectivity index (χ2v) is 6.09. The molecular formula is C15H17NO2. The van der Waals surface area contributed by atoms with Crippen LogP contribution in [-0.2, 0) is 0 Å². The van der Waals surface area contributed by atoms with Crippen LogP contribution in [0.25, 0.3) is 0 Å². The Morgan fingerprint density at radius 3 is 2.94 bits per heavy atom. The van der Waals surface area contributed by atoms with Crippen LogP contribution in [0.4, 0.5) is 5.69 Å². The molecule has 3 rings (SSSR count). The number of hydrogen-bond donors (Lipinski definition) is 1. The van der Waals surface area contributed by atoms with Gasteiger partial charge in [-0.3, -0.25) is 9.79 Å². The number of aromatic hydroxyl groups is 1. The van der Waals surface area contributed by atoms with E-state index < -0.39 is 0 Å². The molecule has 0 aromatic heterocycles. The number of ketones is 1. The molecule has 0 radical (unpaired) electrons. The predicted molar refractivity (Wildman–Crippen MR) is 70.7 cm³/mol. The molecule has 0 saturated heterocycles. The Hall–Kier alpha value is -1.64. The van der Waals surface area contributed by atoms with Crippen molar-refractivity contribution in [1.29, 1.82) is 0 Å². The maximum atomic E-state index is 12.5. The smallest absolute Gasteiger partial charge is 0.173 e. The second-order valence-electron chi connectivity index (χ2n) is 6.09. The number of carbonyl (C=O) groups is 1. The molecule has 2 aliphatic rings. The van der Waals surface area contributed by atoms with Crippen LogP contribution in [0.3, 0.4) is 0 Å². The molecule has 3 nitrogen and oxygen atoms in total. The fourth-order valence-electron chi connectivity index (χ4n) is 2.95. The summed E-state index contributed by atoms with van der Waals surface area (Å²) < 4.78 is 0. The summed E-state index contributed by atoms with van der Waals surface area (Å²) in [6.45, 7) is 4.42. The van der Waals surface area contributed by atoms with Gasteiger partial charge in [0.1, 0.15) is 5.75 Å². The van der Waals surface area contributed by atoms with Crippen molar-refractivity contribution in [2.45, 2.75) is 33.1 Å². The number of carbonyl (C=O) groups excluding carboxylic acids is 1. The lowest BCUT2D eigenvalue weighted by Gasteiger charge is -2.37. The van der Waals surface area contributed by atoms with E-state index in [0.717, 1.165) is 25.0 Å². The molecule has 1 aromatic carbocycles. The highest BCUT2D eigenvalue weighted by molar-refractivity contribution is 6.18. The van der Waals surface area contributed by atoms with Gasteiger partial charge in [0.25, 0.3) is 0 Å². The van der Waals surface area contributed by atoms with E-state index >= 15 is 0 Å². The molecule has 1 aromatic rings. The normalized spacial score (nSPS) is 25.1. The molecule has 0 spiro atoms. The molecule has 0 bridgehead atoms. The average molecular weight is 243 g/mol. The van der Waals surface area contributed by atoms with Gasteiger partial charge in [0.15, 0.2) is 5.78 Å². The first-order valence-corrected chi connectivity index (χ1v) is 6.41. The Morgan fingerprint density at radius 1 is 1.39 bits per heavy atom. The zero-order valence-electron chi connectivity index (χ0n) is 10.7. The molecule has 1 aliphatic carbocycles. The maximum absolute atomic E-state index is 12.5. The molecule has 3 heteroatoms. The highest BCUT2D eigenvalue weighted by atomic mass is 16.3. The van der Waals surface area contributed by atoms with Crippen molar-refractivity contribution >= 4 is 17.2 Å². The van der Waals surface area contributed by atoms with E-state index in [9.17, 15) is 9.90 Å². The lowest BCUT2D eigenvalue weighted by atomic mass is 9.68. The Labute approximate surface area is 107 Å². The van der Waals surface area contributed by atoms with Gasteiger partial charge in [0.05, 0.1) is 11.6 Å². The van der Waals surface area contributed by atoms with E-state index in [1.54, 1.807) is 18.2 Å². The van der Waals surface area contributed by atoms with E-state index in [2.05, 4.69) is 18.8 Å². The van der Waals surface area contributed by atoms with Crippen LogP contribution in [0.5, 0.6) is 5.75 Å². The van der Waals surface area contributed by atoms with E-state index in [4.69, 9.17) is 0 Å². The molecule has 0 amide bonds. The SMILES string of the molecule is CC1(C)CCC2=Nc3cc(O)ccc3C(=O)C2C1. The van der Waals surface area contributed by atoms with Crippen LogP contribution in [-0.4, -0.2) is 16.6 Å². The molecule has 94 valence electrons. The Bertz CT molecular complexity index is 558. The van der Waals surface area contributed by atoms with Gasteiger partial charge in [-0.25, -0.2) is 0 Å². The van der Waals surface area contributed by atoms with E-state index in [-0.39, 0.29) is 22.9 Å². The minimum Gasteiger partial charge on any atom is -0.508 e. The number of aliphatic imine (C=N–C) groups is 1. The molecule has 1 heterocycles. The summed E-state index contributed by atoms with van der Waals surface area (Å²) in [6.07, 6.45) is 2.84. The van der Waals surface area contributed by atoms with Crippen molar-refractivity contribution in [1.82, 2.24) is 0 Å². The van der Waals surface area contributed by atoms with Crippen molar-refractivity contribution < 1.29 is 9.90 Å². The van der Waals surface area contributed by atoms with Gasteiger partial charge in [-0.1, -0.05) is 13.8 Å². The number of rotatable bonds is 0. The van der Waals surface area contributed by atoms with Gasteiger partial charge >= 0.3 is 0 Å². The monoisotopic (exact) mass is 243 g/mol. The van der Waals surface area contributed by atoms with Crippen LogP contribution in [0.15, 0.2) is 23.2 Å². The minimum absolute atomic E-state index is 0.0502. The fraction of sp³-hybridized carbons (Fsp3) is 0.467. The second kappa shape index (κ2) is 3.67. The molecular weight excluding hydrogens is 226 g/mol. The zero-order valence-corrected chi connectivity index (χ0v) is 10.7. The lowest BCUT2D eigenvalue weighted by Crippen LogP contribution is -2.36. The number of phenolic OH excluding ortho intramolecular Hbond substituents is 1. The lowest BCUT2D eigenvalue weighted by molar-refractivity contribution is 0.0907. The maximum Gasteiger partial charge on any atom is 0.173 e. The van der Waals surface area contributed by atoms with Crippen LogP contribution in [0.1, 0.15) is 43.5 Å². The molecule has 1 atom stereocenters. The molecule has 1 fully saturated rings. The number of benzene rings is 1. The van der Waals surface area contributed by atoms with Gasteiger partial charge in [0.2, 0.25) is 0 Å². The third-order valence-electron chi connectivity index (χ3n) is 4.04.